The van der Waals surface area contributed by atoms with E-state index >= 15 is 0 Å². The fourth-order valence-corrected chi connectivity index (χ4v) is 3.44. The molecule has 0 fully saturated rings. The van der Waals surface area contributed by atoms with Crippen molar-refractivity contribution in [3.8, 4) is 17.2 Å². The van der Waals surface area contributed by atoms with E-state index in [0.717, 1.165) is 28.6 Å². The van der Waals surface area contributed by atoms with Crippen molar-refractivity contribution < 1.29 is 14.3 Å². The van der Waals surface area contributed by atoms with Crippen LogP contribution < -0.4 is 14.8 Å². The number of pyridine rings is 1. The van der Waals surface area contributed by atoms with E-state index in [2.05, 4.69) is 17.2 Å². The summed E-state index contributed by atoms with van der Waals surface area (Å²) in [4.78, 5) is 17.0. The maximum atomic E-state index is 12.7. The number of methoxy groups -OCH3 is 1. The second-order valence-electron chi connectivity index (χ2n) is 7.25. The van der Waals surface area contributed by atoms with Crippen molar-refractivity contribution in [2.75, 3.05) is 13.7 Å². The Bertz CT molecular complexity index is 1210. The first-order valence-corrected chi connectivity index (χ1v) is 10.2. The van der Waals surface area contributed by atoms with E-state index in [0.29, 0.717) is 23.6 Å². The van der Waals surface area contributed by atoms with Crippen LogP contribution in [0.3, 0.4) is 0 Å². The van der Waals surface area contributed by atoms with Crippen molar-refractivity contribution in [1.82, 2.24) is 10.3 Å². The van der Waals surface area contributed by atoms with E-state index in [1.54, 1.807) is 25.4 Å². The number of nitrogens with zero attached hydrogens (tertiary/aromatic N) is 1. The Morgan fingerprint density at radius 1 is 0.968 bits per heavy atom. The number of nitrogens with one attached hydrogen (secondary N) is 1. The summed E-state index contributed by atoms with van der Waals surface area (Å²) < 4.78 is 11.4. The number of rotatable bonds is 7. The number of hydrogen-bond donors (Lipinski definition) is 1. The number of hydrogen-bond acceptors (Lipinski definition) is 4. The summed E-state index contributed by atoms with van der Waals surface area (Å²) in [6.07, 6.45) is 2.45. The summed E-state index contributed by atoms with van der Waals surface area (Å²) in [6, 6.07) is 22.8. The van der Waals surface area contributed by atoms with Crippen molar-refractivity contribution in [1.29, 1.82) is 0 Å². The molecule has 0 spiro atoms. The molecule has 156 valence electrons. The molecule has 0 saturated carbocycles. The Morgan fingerprint density at radius 3 is 2.71 bits per heavy atom. The lowest BCUT2D eigenvalue weighted by molar-refractivity contribution is 0.0954. The zero-order chi connectivity index (χ0) is 21.6. The van der Waals surface area contributed by atoms with Crippen molar-refractivity contribution >= 4 is 16.8 Å². The fourth-order valence-electron chi connectivity index (χ4n) is 3.44. The Morgan fingerprint density at radius 2 is 1.84 bits per heavy atom. The number of benzene rings is 3. The average Bonchev–Trinajstić information content (AvgIpc) is 2.80. The first-order chi connectivity index (χ1) is 15.1. The molecule has 1 aromatic heterocycles. The fraction of sp³-hybridized carbons (Fsp3) is 0.154. The Balaban J connectivity index is 1.42. The molecule has 0 aliphatic rings. The standard InChI is InChI=1S/C26H24N2O3/c1-18-10-11-21(30-2)16-19(18)12-14-28-26(29)20-6-5-7-22(17-20)31-25-13-15-27-24-9-4-3-8-23(24)25/h3-11,13,15-17H,12,14H2,1-2H3,(H,28,29). The molecule has 5 nitrogen and oxygen atoms in total. The van der Waals surface area contributed by atoms with Gasteiger partial charge in [-0.15, -0.1) is 0 Å². The highest BCUT2D eigenvalue weighted by Gasteiger charge is 2.09. The van der Waals surface area contributed by atoms with Crippen LogP contribution >= 0.6 is 0 Å². The molecule has 0 aliphatic carbocycles. The van der Waals surface area contributed by atoms with Gasteiger partial charge in [-0.25, -0.2) is 0 Å². The first kappa shape index (κ1) is 20.4. The summed E-state index contributed by atoms with van der Waals surface area (Å²) in [5, 5.41) is 3.91. The van der Waals surface area contributed by atoms with Crippen molar-refractivity contribution in [3.63, 3.8) is 0 Å². The number of ether oxygens (including phenoxy) is 2. The van der Waals surface area contributed by atoms with E-state index < -0.39 is 0 Å². The molecule has 1 amide bonds. The summed E-state index contributed by atoms with van der Waals surface area (Å²) in [7, 11) is 1.65. The van der Waals surface area contributed by atoms with E-state index in [1.807, 2.05) is 60.7 Å². The number of fused-ring (bicyclic) bond motifs is 1. The molecular weight excluding hydrogens is 388 g/mol. The minimum Gasteiger partial charge on any atom is -0.497 e. The normalized spacial score (nSPS) is 10.6. The number of carbonyl (C=O) groups is 1. The minimum absolute atomic E-state index is 0.134. The second-order valence-corrected chi connectivity index (χ2v) is 7.25. The number of aromatic nitrogens is 1. The van der Waals surface area contributed by atoms with Gasteiger partial charge in [0.15, 0.2) is 0 Å². The van der Waals surface area contributed by atoms with Crippen LogP contribution in [0.25, 0.3) is 10.9 Å². The molecule has 4 rings (SSSR count). The predicted octanol–water partition coefficient (Wildman–Crippen LogP) is 5.32. The third kappa shape index (κ3) is 4.83. The number of aryl methyl sites for hydroxylation is 1. The van der Waals surface area contributed by atoms with Gasteiger partial charge in [0.1, 0.15) is 17.2 Å². The smallest absolute Gasteiger partial charge is 0.251 e. The van der Waals surface area contributed by atoms with Gasteiger partial charge in [0.05, 0.1) is 12.6 Å². The van der Waals surface area contributed by atoms with Gasteiger partial charge in [-0.05, 0) is 73.0 Å². The molecule has 0 atom stereocenters. The number of carbonyl (C=O) groups excluding carboxylic acids is 1. The Kier molecular flexibility index (Phi) is 6.13. The molecular formula is C26H24N2O3. The van der Waals surface area contributed by atoms with Crippen LogP contribution in [0.4, 0.5) is 0 Å². The van der Waals surface area contributed by atoms with Crippen LogP contribution in [-0.2, 0) is 6.42 Å². The summed E-state index contributed by atoms with van der Waals surface area (Å²) in [6.45, 7) is 2.59. The SMILES string of the molecule is COc1ccc(C)c(CCNC(=O)c2cccc(Oc3ccnc4ccccc34)c2)c1. The van der Waals surface area contributed by atoms with Crippen molar-refractivity contribution in [2.45, 2.75) is 13.3 Å². The van der Waals surface area contributed by atoms with Crippen molar-refractivity contribution in [2.24, 2.45) is 0 Å². The highest BCUT2D eigenvalue weighted by atomic mass is 16.5. The van der Waals surface area contributed by atoms with Crippen LogP contribution in [0.5, 0.6) is 17.2 Å². The molecule has 31 heavy (non-hydrogen) atoms. The highest BCUT2D eigenvalue weighted by molar-refractivity contribution is 5.94. The molecule has 1 heterocycles. The molecule has 5 heteroatoms. The zero-order valence-electron chi connectivity index (χ0n) is 17.6. The third-order valence-electron chi connectivity index (χ3n) is 5.17. The molecule has 3 aromatic carbocycles. The highest BCUT2D eigenvalue weighted by Crippen LogP contribution is 2.29. The van der Waals surface area contributed by atoms with Crippen LogP contribution in [0.2, 0.25) is 0 Å². The molecule has 1 N–H and O–H groups in total. The van der Waals surface area contributed by atoms with Crippen LogP contribution in [0, 0.1) is 6.92 Å². The van der Waals surface area contributed by atoms with Crippen molar-refractivity contribution in [3.05, 3.63) is 95.7 Å². The molecule has 0 saturated heterocycles. The molecule has 0 bridgehead atoms. The molecule has 0 aliphatic heterocycles. The van der Waals surface area contributed by atoms with Crippen LogP contribution in [0.15, 0.2) is 79.0 Å². The Hall–Kier alpha value is -3.86. The van der Waals surface area contributed by atoms with E-state index in [9.17, 15) is 4.79 Å². The van der Waals surface area contributed by atoms with Gasteiger partial charge in [-0.1, -0.05) is 24.3 Å². The first-order valence-electron chi connectivity index (χ1n) is 10.2. The van der Waals surface area contributed by atoms with Crippen LogP contribution in [0.1, 0.15) is 21.5 Å². The maximum absolute atomic E-state index is 12.7. The van der Waals surface area contributed by atoms with Gasteiger partial charge < -0.3 is 14.8 Å². The van der Waals surface area contributed by atoms with Gasteiger partial charge in [0.2, 0.25) is 0 Å². The number of amides is 1. The summed E-state index contributed by atoms with van der Waals surface area (Å²) in [5.41, 5.74) is 3.75. The summed E-state index contributed by atoms with van der Waals surface area (Å²) in [5.74, 6) is 2.00. The largest absolute Gasteiger partial charge is 0.497 e. The zero-order valence-corrected chi connectivity index (χ0v) is 17.6. The van der Waals surface area contributed by atoms with Gasteiger partial charge in [-0.3, -0.25) is 9.78 Å². The molecule has 0 radical (unpaired) electrons. The van der Waals surface area contributed by atoms with Gasteiger partial charge in [-0.2, -0.15) is 0 Å². The number of para-hydroxylation sites is 1. The predicted molar refractivity (Wildman–Crippen MR) is 122 cm³/mol. The average molecular weight is 412 g/mol. The summed E-state index contributed by atoms with van der Waals surface area (Å²) >= 11 is 0. The minimum atomic E-state index is -0.134. The lowest BCUT2D eigenvalue weighted by atomic mass is 10.1. The lowest BCUT2D eigenvalue weighted by Gasteiger charge is -2.11. The molecule has 4 aromatic rings. The lowest BCUT2D eigenvalue weighted by Crippen LogP contribution is -2.25. The quantitative estimate of drug-likeness (QED) is 0.446. The monoisotopic (exact) mass is 412 g/mol. The second kappa shape index (κ2) is 9.30. The molecule has 0 unspecified atom stereocenters. The van der Waals surface area contributed by atoms with Crippen LogP contribution in [-0.4, -0.2) is 24.5 Å². The van der Waals surface area contributed by atoms with Gasteiger partial charge in [0, 0.05) is 23.7 Å². The van der Waals surface area contributed by atoms with E-state index in [1.165, 1.54) is 5.56 Å². The maximum Gasteiger partial charge on any atom is 0.251 e. The van der Waals surface area contributed by atoms with E-state index in [-0.39, 0.29) is 5.91 Å². The van der Waals surface area contributed by atoms with Gasteiger partial charge >= 0.3 is 0 Å². The van der Waals surface area contributed by atoms with E-state index in [4.69, 9.17) is 9.47 Å². The third-order valence-corrected chi connectivity index (χ3v) is 5.17. The van der Waals surface area contributed by atoms with Gasteiger partial charge in [0.25, 0.3) is 5.91 Å². The Labute approximate surface area is 181 Å². The topological polar surface area (TPSA) is 60.5 Å².